The summed E-state index contributed by atoms with van der Waals surface area (Å²) in [7, 11) is 0. The van der Waals surface area contributed by atoms with Crippen LogP contribution < -0.4 is 5.32 Å². The molecule has 5 heteroatoms. The molecule has 1 aliphatic rings. The third-order valence-corrected chi connectivity index (χ3v) is 3.12. The fourth-order valence-electron chi connectivity index (χ4n) is 1.90. The molecule has 1 atom stereocenters. The first-order valence-corrected chi connectivity index (χ1v) is 6.62. The molecule has 0 bridgehead atoms. The second-order valence-corrected chi connectivity index (χ2v) is 4.69. The van der Waals surface area contributed by atoms with E-state index in [0.29, 0.717) is 18.7 Å². The molecule has 1 aromatic heterocycles. The minimum atomic E-state index is -0.440. The van der Waals surface area contributed by atoms with E-state index in [1.54, 1.807) is 6.92 Å². The van der Waals surface area contributed by atoms with Crippen molar-refractivity contribution < 1.29 is 13.9 Å². The number of aromatic nitrogens is 1. The number of hydrogen-bond acceptors (Lipinski definition) is 5. The molecule has 0 amide bonds. The Balaban J connectivity index is 1.89. The molecule has 0 aromatic carbocycles. The summed E-state index contributed by atoms with van der Waals surface area (Å²) >= 11 is 0. The van der Waals surface area contributed by atoms with Crippen LogP contribution in [0.25, 0.3) is 0 Å². The van der Waals surface area contributed by atoms with Crippen molar-refractivity contribution in [2.75, 3.05) is 11.9 Å². The van der Waals surface area contributed by atoms with Crippen molar-refractivity contribution in [2.45, 2.75) is 45.6 Å². The zero-order valence-electron chi connectivity index (χ0n) is 10.9. The van der Waals surface area contributed by atoms with Gasteiger partial charge >= 0.3 is 5.97 Å². The zero-order valence-corrected chi connectivity index (χ0v) is 10.9. The van der Waals surface area contributed by atoms with Crippen LogP contribution in [0.15, 0.2) is 10.7 Å². The summed E-state index contributed by atoms with van der Waals surface area (Å²) in [6, 6.07) is 0.775. The van der Waals surface area contributed by atoms with Crippen LogP contribution in [0, 0.1) is 5.92 Å². The van der Waals surface area contributed by atoms with Gasteiger partial charge in [0, 0.05) is 6.04 Å². The van der Waals surface area contributed by atoms with E-state index in [-0.39, 0.29) is 5.69 Å². The third-order valence-electron chi connectivity index (χ3n) is 3.12. The smallest absolute Gasteiger partial charge is 0.360 e. The molecular formula is C13H20N2O3. The monoisotopic (exact) mass is 252 g/mol. The van der Waals surface area contributed by atoms with Gasteiger partial charge in [0.25, 0.3) is 6.01 Å². The van der Waals surface area contributed by atoms with Crippen LogP contribution in [-0.4, -0.2) is 23.6 Å². The Hall–Kier alpha value is -1.52. The van der Waals surface area contributed by atoms with Gasteiger partial charge in [-0.2, -0.15) is 4.98 Å². The number of nitrogens with zero attached hydrogens (tertiary/aromatic N) is 1. The lowest BCUT2D eigenvalue weighted by Crippen LogP contribution is -2.19. The quantitative estimate of drug-likeness (QED) is 0.756. The number of carbonyl (C=O) groups excluding carboxylic acids is 1. The lowest BCUT2D eigenvalue weighted by molar-refractivity contribution is 0.0519. The fourth-order valence-corrected chi connectivity index (χ4v) is 1.90. The molecule has 0 radical (unpaired) electrons. The average Bonchev–Trinajstić information content (AvgIpc) is 3.05. The third kappa shape index (κ3) is 3.48. The first kappa shape index (κ1) is 12.9. The van der Waals surface area contributed by atoms with E-state index in [1.807, 2.05) is 0 Å². The second-order valence-electron chi connectivity index (χ2n) is 4.69. The first-order valence-electron chi connectivity index (χ1n) is 6.62. The van der Waals surface area contributed by atoms with Gasteiger partial charge < -0.3 is 14.5 Å². The van der Waals surface area contributed by atoms with Crippen LogP contribution in [0.2, 0.25) is 0 Å². The van der Waals surface area contributed by atoms with Gasteiger partial charge in [-0.1, -0.05) is 19.8 Å². The molecule has 1 aliphatic carbocycles. The Morgan fingerprint density at radius 2 is 2.39 bits per heavy atom. The standard InChI is InChI=1S/C13H20N2O3/c1-3-10(7-9-5-6-9)14-13-15-11(8-18-13)12(16)17-4-2/h8-10H,3-7H2,1-2H3,(H,14,15). The van der Waals surface area contributed by atoms with Crippen LogP contribution in [0.3, 0.4) is 0 Å². The van der Waals surface area contributed by atoms with E-state index in [4.69, 9.17) is 9.15 Å². The van der Waals surface area contributed by atoms with E-state index in [0.717, 1.165) is 18.8 Å². The number of nitrogens with one attached hydrogen (secondary N) is 1. The van der Waals surface area contributed by atoms with E-state index < -0.39 is 5.97 Å². The first-order chi connectivity index (χ1) is 8.72. The summed E-state index contributed by atoms with van der Waals surface area (Å²) in [5, 5.41) is 3.23. The molecule has 1 aromatic rings. The zero-order chi connectivity index (χ0) is 13.0. The van der Waals surface area contributed by atoms with Gasteiger partial charge in [-0.05, 0) is 25.7 Å². The molecule has 1 saturated carbocycles. The highest BCUT2D eigenvalue weighted by atomic mass is 16.5. The number of rotatable bonds is 7. The molecule has 1 unspecified atom stereocenters. The fraction of sp³-hybridized carbons (Fsp3) is 0.692. The number of hydrogen-bond donors (Lipinski definition) is 1. The number of oxazole rings is 1. The average molecular weight is 252 g/mol. The maximum atomic E-state index is 11.4. The topological polar surface area (TPSA) is 64.4 Å². The predicted octanol–water partition coefficient (Wildman–Crippen LogP) is 2.84. The summed E-state index contributed by atoms with van der Waals surface area (Å²) in [5.41, 5.74) is 0.223. The van der Waals surface area contributed by atoms with E-state index in [2.05, 4.69) is 17.2 Å². The summed E-state index contributed by atoms with van der Waals surface area (Å²) in [6.45, 7) is 4.24. The molecular weight excluding hydrogens is 232 g/mol. The van der Waals surface area contributed by atoms with Crippen molar-refractivity contribution in [3.05, 3.63) is 12.0 Å². The highest BCUT2D eigenvalue weighted by Crippen LogP contribution is 2.34. The Labute approximate surface area is 107 Å². The number of ether oxygens (including phenoxy) is 1. The van der Waals surface area contributed by atoms with Crippen LogP contribution in [0.1, 0.15) is 50.0 Å². The van der Waals surface area contributed by atoms with E-state index in [1.165, 1.54) is 19.1 Å². The van der Waals surface area contributed by atoms with E-state index >= 15 is 0 Å². The molecule has 1 heterocycles. The number of esters is 1. The van der Waals surface area contributed by atoms with Crippen molar-refractivity contribution in [1.82, 2.24) is 4.98 Å². The lowest BCUT2D eigenvalue weighted by Gasteiger charge is -2.14. The Kier molecular flexibility index (Phi) is 4.23. The summed E-state index contributed by atoms with van der Waals surface area (Å²) < 4.78 is 10.1. The predicted molar refractivity (Wildman–Crippen MR) is 67.5 cm³/mol. The number of anilines is 1. The molecule has 0 spiro atoms. The van der Waals surface area contributed by atoms with Gasteiger partial charge in [0.15, 0.2) is 5.69 Å². The molecule has 0 saturated heterocycles. The molecule has 0 aliphatic heterocycles. The molecule has 1 N–H and O–H groups in total. The number of carbonyl (C=O) groups is 1. The lowest BCUT2D eigenvalue weighted by atomic mass is 10.1. The van der Waals surface area contributed by atoms with Crippen molar-refractivity contribution >= 4 is 12.0 Å². The normalized spacial score (nSPS) is 16.3. The Morgan fingerprint density at radius 1 is 1.61 bits per heavy atom. The van der Waals surface area contributed by atoms with Gasteiger partial charge in [0.1, 0.15) is 6.26 Å². The SMILES string of the molecule is CCOC(=O)c1coc(NC(CC)CC2CC2)n1. The van der Waals surface area contributed by atoms with Gasteiger partial charge in [0.2, 0.25) is 0 Å². The van der Waals surface area contributed by atoms with E-state index in [9.17, 15) is 4.79 Å². The molecule has 100 valence electrons. The van der Waals surface area contributed by atoms with Crippen LogP contribution >= 0.6 is 0 Å². The van der Waals surface area contributed by atoms with Crippen LogP contribution in [0.5, 0.6) is 0 Å². The van der Waals surface area contributed by atoms with Crippen molar-refractivity contribution in [1.29, 1.82) is 0 Å². The molecule has 2 rings (SSSR count). The van der Waals surface area contributed by atoms with Crippen molar-refractivity contribution in [2.24, 2.45) is 5.92 Å². The maximum Gasteiger partial charge on any atom is 0.360 e. The van der Waals surface area contributed by atoms with Gasteiger partial charge in [-0.25, -0.2) is 4.79 Å². The highest BCUT2D eigenvalue weighted by Gasteiger charge is 2.25. The molecule has 1 fully saturated rings. The van der Waals surface area contributed by atoms with Crippen LogP contribution in [-0.2, 0) is 4.74 Å². The van der Waals surface area contributed by atoms with Crippen molar-refractivity contribution in [3.8, 4) is 0 Å². The van der Waals surface area contributed by atoms with Crippen molar-refractivity contribution in [3.63, 3.8) is 0 Å². The minimum absolute atomic E-state index is 0.223. The second kappa shape index (κ2) is 5.89. The van der Waals surface area contributed by atoms with Gasteiger partial charge in [-0.3, -0.25) is 0 Å². The summed E-state index contributed by atoms with van der Waals surface area (Å²) in [5.74, 6) is 0.409. The molecule has 18 heavy (non-hydrogen) atoms. The Bertz CT molecular complexity index is 399. The Morgan fingerprint density at radius 3 is 3.00 bits per heavy atom. The molecule has 5 nitrogen and oxygen atoms in total. The minimum Gasteiger partial charge on any atom is -0.461 e. The maximum absolute atomic E-state index is 11.4. The van der Waals surface area contributed by atoms with Gasteiger partial charge in [-0.15, -0.1) is 0 Å². The highest BCUT2D eigenvalue weighted by molar-refractivity contribution is 5.87. The summed E-state index contributed by atoms with van der Waals surface area (Å²) in [4.78, 5) is 15.5. The van der Waals surface area contributed by atoms with Gasteiger partial charge in [0.05, 0.1) is 6.61 Å². The summed E-state index contributed by atoms with van der Waals surface area (Å²) in [6.07, 6.45) is 6.17. The largest absolute Gasteiger partial charge is 0.461 e. The van der Waals surface area contributed by atoms with Crippen LogP contribution in [0.4, 0.5) is 6.01 Å².